The van der Waals surface area contributed by atoms with Crippen molar-refractivity contribution in [1.82, 2.24) is 4.98 Å². The van der Waals surface area contributed by atoms with E-state index in [1.807, 2.05) is 36.4 Å². The molecule has 1 aromatic carbocycles. The van der Waals surface area contributed by atoms with Gasteiger partial charge in [0.1, 0.15) is 0 Å². The number of carbonyl (C=O) groups is 1. The van der Waals surface area contributed by atoms with E-state index in [0.29, 0.717) is 5.56 Å². The first-order valence-electron chi connectivity index (χ1n) is 5.56. The molecule has 2 rings (SSSR count). The van der Waals surface area contributed by atoms with E-state index in [9.17, 15) is 4.79 Å². The van der Waals surface area contributed by atoms with Crippen molar-refractivity contribution in [2.75, 3.05) is 7.11 Å². The lowest BCUT2D eigenvalue weighted by molar-refractivity contribution is 0.0601. The van der Waals surface area contributed by atoms with E-state index in [-0.39, 0.29) is 5.97 Å². The van der Waals surface area contributed by atoms with Crippen LogP contribution < -0.4 is 0 Å². The van der Waals surface area contributed by atoms with Gasteiger partial charge in [-0.05, 0) is 29.3 Å². The Bertz CT molecular complexity index is 544. The van der Waals surface area contributed by atoms with Gasteiger partial charge in [0.25, 0.3) is 0 Å². The Morgan fingerprint density at radius 1 is 1.11 bits per heavy atom. The molecule has 0 saturated carbocycles. The number of ether oxygens (including phenoxy) is 1. The second-order valence-corrected chi connectivity index (χ2v) is 3.73. The van der Waals surface area contributed by atoms with E-state index >= 15 is 0 Å². The fourth-order valence-electron chi connectivity index (χ4n) is 1.52. The average Bonchev–Trinajstić information content (AvgIpc) is 2.46. The molecule has 0 atom stereocenters. The van der Waals surface area contributed by atoms with Crippen LogP contribution in [0.1, 0.15) is 21.5 Å². The molecule has 2 aromatic rings. The van der Waals surface area contributed by atoms with Crippen LogP contribution >= 0.6 is 0 Å². The van der Waals surface area contributed by atoms with E-state index in [0.717, 1.165) is 11.1 Å². The molecule has 0 saturated heterocycles. The number of hydrogen-bond donors (Lipinski definition) is 0. The summed E-state index contributed by atoms with van der Waals surface area (Å²) in [6.07, 6.45) is 7.47. The zero-order valence-corrected chi connectivity index (χ0v) is 10.0. The van der Waals surface area contributed by atoms with Gasteiger partial charge < -0.3 is 4.74 Å². The summed E-state index contributed by atoms with van der Waals surface area (Å²) in [7, 11) is 1.37. The predicted molar refractivity (Wildman–Crippen MR) is 70.9 cm³/mol. The molecule has 0 aliphatic carbocycles. The van der Waals surface area contributed by atoms with Crippen molar-refractivity contribution in [1.29, 1.82) is 0 Å². The Hall–Kier alpha value is -2.42. The molecule has 0 fully saturated rings. The van der Waals surface area contributed by atoms with Crippen molar-refractivity contribution < 1.29 is 9.53 Å². The summed E-state index contributed by atoms with van der Waals surface area (Å²) in [4.78, 5) is 15.3. The lowest BCUT2D eigenvalue weighted by Gasteiger charge is -1.99. The van der Waals surface area contributed by atoms with Crippen LogP contribution in [0.25, 0.3) is 12.2 Å². The molecule has 3 heteroatoms. The minimum Gasteiger partial charge on any atom is -0.465 e. The van der Waals surface area contributed by atoms with Crippen molar-refractivity contribution in [3.8, 4) is 0 Å². The van der Waals surface area contributed by atoms with Gasteiger partial charge in [0.05, 0.1) is 12.7 Å². The summed E-state index contributed by atoms with van der Waals surface area (Å²) in [5, 5.41) is 0. The Morgan fingerprint density at radius 2 is 1.83 bits per heavy atom. The molecule has 1 aromatic heterocycles. The maximum atomic E-state index is 11.3. The van der Waals surface area contributed by atoms with Gasteiger partial charge in [-0.25, -0.2) is 4.79 Å². The largest absolute Gasteiger partial charge is 0.465 e. The van der Waals surface area contributed by atoms with E-state index in [1.54, 1.807) is 24.5 Å². The van der Waals surface area contributed by atoms with E-state index < -0.39 is 0 Å². The zero-order valence-electron chi connectivity index (χ0n) is 10.0. The number of nitrogens with zero attached hydrogens (tertiary/aromatic N) is 1. The first kappa shape index (κ1) is 12.0. The van der Waals surface area contributed by atoms with Gasteiger partial charge in [0.2, 0.25) is 0 Å². The third kappa shape index (κ3) is 3.04. The summed E-state index contributed by atoms with van der Waals surface area (Å²) >= 11 is 0. The number of hydrogen-bond acceptors (Lipinski definition) is 3. The number of carbonyl (C=O) groups excluding carboxylic acids is 1. The molecule has 0 radical (unpaired) electrons. The monoisotopic (exact) mass is 239 g/mol. The van der Waals surface area contributed by atoms with Crippen LogP contribution in [0.5, 0.6) is 0 Å². The van der Waals surface area contributed by atoms with Crippen molar-refractivity contribution >= 4 is 18.1 Å². The molecule has 3 nitrogen and oxygen atoms in total. The molecule has 0 N–H and O–H groups in total. The summed E-state index contributed by atoms with van der Waals surface area (Å²) in [5.41, 5.74) is 2.61. The third-order valence-corrected chi connectivity index (χ3v) is 2.48. The number of esters is 1. The molecule has 0 unspecified atom stereocenters. The molecule has 0 spiro atoms. The number of benzene rings is 1. The molecule has 18 heavy (non-hydrogen) atoms. The van der Waals surface area contributed by atoms with Crippen LogP contribution in [0.3, 0.4) is 0 Å². The van der Waals surface area contributed by atoms with Crippen LogP contribution in [0, 0.1) is 0 Å². The number of aromatic nitrogens is 1. The Kier molecular flexibility index (Phi) is 3.86. The van der Waals surface area contributed by atoms with Crippen molar-refractivity contribution in [3.63, 3.8) is 0 Å². The lowest BCUT2D eigenvalue weighted by Crippen LogP contribution is -2.00. The standard InChI is InChI=1S/C15H13NO2/c1-18-15(17)14-8-6-12(7-9-14)4-5-13-3-2-10-16-11-13/h2-11H,1H3/b5-4+. The van der Waals surface area contributed by atoms with Crippen molar-refractivity contribution in [2.45, 2.75) is 0 Å². The highest BCUT2D eigenvalue weighted by Crippen LogP contribution is 2.09. The predicted octanol–water partition coefficient (Wildman–Crippen LogP) is 3.04. The van der Waals surface area contributed by atoms with Gasteiger partial charge in [0, 0.05) is 12.4 Å². The van der Waals surface area contributed by atoms with Gasteiger partial charge in [0.15, 0.2) is 0 Å². The van der Waals surface area contributed by atoms with Crippen LogP contribution in [0.4, 0.5) is 0 Å². The van der Waals surface area contributed by atoms with Gasteiger partial charge in [-0.3, -0.25) is 4.98 Å². The second kappa shape index (κ2) is 5.77. The van der Waals surface area contributed by atoms with Crippen LogP contribution in [-0.4, -0.2) is 18.1 Å². The quantitative estimate of drug-likeness (QED) is 0.773. The first-order valence-corrected chi connectivity index (χ1v) is 5.56. The van der Waals surface area contributed by atoms with E-state index in [4.69, 9.17) is 0 Å². The maximum Gasteiger partial charge on any atom is 0.337 e. The summed E-state index contributed by atoms with van der Waals surface area (Å²) in [6, 6.07) is 11.1. The van der Waals surface area contributed by atoms with Crippen molar-refractivity contribution in [2.24, 2.45) is 0 Å². The molecule has 0 bridgehead atoms. The van der Waals surface area contributed by atoms with Crippen LogP contribution in [0.15, 0.2) is 48.8 Å². The molecule has 0 amide bonds. The summed E-state index contributed by atoms with van der Waals surface area (Å²) < 4.78 is 4.64. The molecular formula is C15H13NO2. The Morgan fingerprint density at radius 3 is 2.44 bits per heavy atom. The number of rotatable bonds is 3. The molecular weight excluding hydrogens is 226 g/mol. The van der Waals surface area contributed by atoms with Gasteiger partial charge in [-0.15, -0.1) is 0 Å². The first-order chi connectivity index (χ1) is 8.79. The van der Waals surface area contributed by atoms with E-state index in [2.05, 4.69) is 9.72 Å². The summed E-state index contributed by atoms with van der Waals surface area (Å²) in [5.74, 6) is -0.321. The minimum absolute atomic E-state index is 0.321. The van der Waals surface area contributed by atoms with Gasteiger partial charge in [-0.2, -0.15) is 0 Å². The molecule has 1 heterocycles. The fourth-order valence-corrected chi connectivity index (χ4v) is 1.52. The highest BCUT2D eigenvalue weighted by atomic mass is 16.5. The maximum absolute atomic E-state index is 11.3. The Balaban J connectivity index is 2.11. The van der Waals surface area contributed by atoms with E-state index in [1.165, 1.54) is 7.11 Å². The van der Waals surface area contributed by atoms with Crippen LogP contribution in [-0.2, 0) is 4.74 Å². The molecule has 0 aliphatic rings. The molecule has 90 valence electrons. The average molecular weight is 239 g/mol. The van der Waals surface area contributed by atoms with Gasteiger partial charge in [-0.1, -0.05) is 30.4 Å². The number of methoxy groups -OCH3 is 1. The SMILES string of the molecule is COC(=O)c1ccc(/C=C/c2cccnc2)cc1. The minimum atomic E-state index is -0.321. The van der Waals surface area contributed by atoms with Crippen molar-refractivity contribution in [3.05, 3.63) is 65.5 Å². The fraction of sp³-hybridized carbons (Fsp3) is 0.0667. The highest BCUT2D eigenvalue weighted by molar-refractivity contribution is 5.89. The van der Waals surface area contributed by atoms with Gasteiger partial charge >= 0.3 is 5.97 Å². The zero-order chi connectivity index (χ0) is 12.8. The number of pyridine rings is 1. The van der Waals surface area contributed by atoms with Crippen LogP contribution in [0.2, 0.25) is 0 Å². The lowest BCUT2D eigenvalue weighted by atomic mass is 10.1. The third-order valence-electron chi connectivity index (χ3n) is 2.48. The molecule has 0 aliphatic heterocycles. The highest BCUT2D eigenvalue weighted by Gasteiger charge is 2.02. The summed E-state index contributed by atoms with van der Waals surface area (Å²) in [6.45, 7) is 0. The second-order valence-electron chi connectivity index (χ2n) is 3.73. The normalized spacial score (nSPS) is 10.5. The Labute approximate surface area is 106 Å². The topological polar surface area (TPSA) is 39.2 Å². The smallest absolute Gasteiger partial charge is 0.337 e.